The second kappa shape index (κ2) is 5.95. The molecule has 0 aromatic carbocycles. The van der Waals surface area contributed by atoms with Crippen LogP contribution in [-0.2, 0) is 21.2 Å². The van der Waals surface area contributed by atoms with Crippen LogP contribution >= 0.6 is 11.3 Å². The summed E-state index contributed by atoms with van der Waals surface area (Å²) in [5.74, 6) is -0.0565. The third kappa shape index (κ3) is 6.78. The minimum Gasteiger partial charge on any atom is -0.380 e. The number of thiophene rings is 1. The van der Waals surface area contributed by atoms with Gasteiger partial charge in [-0.15, -0.1) is 11.3 Å². The summed E-state index contributed by atoms with van der Waals surface area (Å²) in [6, 6.07) is 4.06. The van der Waals surface area contributed by atoms with Gasteiger partial charge in [0.1, 0.15) is 0 Å². The lowest BCUT2D eigenvalue weighted by molar-refractivity contribution is 0.0750. The van der Waals surface area contributed by atoms with Crippen molar-refractivity contribution in [1.29, 1.82) is 0 Å². The Labute approximate surface area is 107 Å². The van der Waals surface area contributed by atoms with E-state index in [1.165, 1.54) is 4.88 Å². The lowest BCUT2D eigenvalue weighted by atomic mass is 9.98. The zero-order valence-corrected chi connectivity index (χ0v) is 11.8. The molecule has 0 fully saturated rings. The van der Waals surface area contributed by atoms with E-state index in [1.54, 1.807) is 11.3 Å². The molecule has 0 aliphatic rings. The molecular weight excluding hydrogens is 258 g/mol. The first kappa shape index (κ1) is 14.6. The van der Waals surface area contributed by atoms with Gasteiger partial charge in [0, 0.05) is 16.7 Å². The number of hydrogen-bond acceptors (Lipinski definition) is 4. The maximum Gasteiger partial charge on any atom is 0.209 e. The molecule has 0 aliphatic carbocycles. The van der Waals surface area contributed by atoms with Crippen molar-refractivity contribution < 1.29 is 13.2 Å². The van der Waals surface area contributed by atoms with Gasteiger partial charge in [-0.1, -0.05) is 19.9 Å². The second-order valence-electron chi connectivity index (χ2n) is 4.85. The van der Waals surface area contributed by atoms with Crippen molar-refractivity contribution in [1.82, 2.24) is 0 Å². The minimum absolute atomic E-state index is 0.0565. The Hall–Kier alpha value is -0.430. The molecule has 2 N–H and O–H groups in total. The Morgan fingerprint density at radius 3 is 2.71 bits per heavy atom. The van der Waals surface area contributed by atoms with Gasteiger partial charge in [-0.3, -0.25) is 0 Å². The molecule has 1 aromatic heterocycles. The van der Waals surface area contributed by atoms with E-state index in [2.05, 4.69) is 6.07 Å². The SMILES string of the molecule is CC(C)(COCCc1cccs1)CS(N)(=O)=O. The lowest BCUT2D eigenvalue weighted by Crippen LogP contribution is -2.32. The predicted molar refractivity (Wildman–Crippen MR) is 70.6 cm³/mol. The first-order chi connectivity index (χ1) is 7.79. The zero-order chi connectivity index (χ0) is 12.9. The van der Waals surface area contributed by atoms with Gasteiger partial charge in [0.05, 0.1) is 19.0 Å². The molecule has 0 saturated carbocycles. The van der Waals surface area contributed by atoms with E-state index in [-0.39, 0.29) is 5.75 Å². The van der Waals surface area contributed by atoms with E-state index in [1.807, 2.05) is 25.3 Å². The molecule has 4 nitrogen and oxygen atoms in total. The first-order valence-electron chi connectivity index (χ1n) is 5.39. The number of rotatable bonds is 7. The van der Waals surface area contributed by atoms with Crippen molar-refractivity contribution >= 4 is 21.4 Å². The molecule has 0 amide bonds. The molecule has 0 unspecified atom stereocenters. The quantitative estimate of drug-likeness (QED) is 0.770. The molecule has 0 radical (unpaired) electrons. The summed E-state index contributed by atoms with van der Waals surface area (Å²) < 4.78 is 27.5. The zero-order valence-electron chi connectivity index (χ0n) is 10.2. The van der Waals surface area contributed by atoms with Crippen LogP contribution in [-0.4, -0.2) is 27.4 Å². The Bertz CT molecular complexity index is 424. The van der Waals surface area contributed by atoms with E-state index >= 15 is 0 Å². The van der Waals surface area contributed by atoms with Gasteiger partial charge in [0.25, 0.3) is 0 Å². The van der Waals surface area contributed by atoms with Crippen LogP contribution in [0.5, 0.6) is 0 Å². The molecule has 0 aliphatic heterocycles. The van der Waals surface area contributed by atoms with Crippen LogP contribution in [0.2, 0.25) is 0 Å². The summed E-state index contributed by atoms with van der Waals surface area (Å²) in [7, 11) is -3.44. The average Bonchev–Trinajstić information content (AvgIpc) is 2.60. The van der Waals surface area contributed by atoms with Crippen LogP contribution < -0.4 is 5.14 Å². The summed E-state index contributed by atoms with van der Waals surface area (Å²) in [6.07, 6.45) is 0.864. The molecule has 0 spiro atoms. The fraction of sp³-hybridized carbons (Fsp3) is 0.636. The topological polar surface area (TPSA) is 69.4 Å². The Morgan fingerprint density at radius 1 is 1.47 bits per heavy atom. The first-order valence-corrected chi connectivity index (χ1v) is 7.99. The highest BCUT2D eigenvalue weighted by atomic mass is 32.2. The molecule has 17 heavy (non-hydrogen) atoms. The van der Waals surface area contributed by atoms with E-state index in [4.69, 9.17) is 9.88 Å². The summed E-state index contributed by atoms with van der Waals surface area (Å²) in [5.41, 5.74) is -0.441. The van der Waals surface area contributed by atoms with Crippen LogP contribution in [0.4, 0.5) is 0 Å². The van der Waals surface area contributed by atoms with Crippen LogP contribution in [0.15, 0.2) is 17.5 Å². The summed E-state index contributed by atoms with van der Waals surface area (Å²) in [5, 5.41) is 7.05. The van der Waals surface area contributed by atoms with Crippen molar-refractivity contribution in [3.8, 4) is 0 Å². The van der Waals surface area contributed by atoms with Crippen LogP contribution in [0.25, 0.3) is 0 Å². The fourth-order valence-electron chi connectivity index (χ4n) is 1.56. The van der Waals surface area contributed by atoms with Gasteiger partial charge in [-0.25, -0.2) is 13.6 Å². The van der Waals surface area contributed by atoms with Crippen LogP contribution in [0.3, 0.4) is 0 Å². The minimum atomic E-state index is -3.44. The van der Waals surface area contributed by atoms with Crippen molar-refractivity contribution in [3.05, 3.63) is 22.4 Å². The molecule has 0 saturated heterocycles. The molecule has 0 bridgehead atoms. The number of nitrogens with two attached hydrogens (primary N) is 1. The summed E-state index contributed by atoms with van der Waals surface area (Å²) in [6.45, 7) is 4.68. The van der Waals surface area contributed by atoms with E-state index in [0.29, 0.717) is 13.2 Å². The van der Waals surface area contributed by atoms with Gasteiger partial charge in [0.2, 0.25) is 10.0 Å². The largest absolute Gasteiger partial charge is 0.380 e. The maximum absolute atomic E-state index is 11.0. The molecule has 0 atom stereocenters. The third-order valence-corrected chi connectivity index (χ3v) is 4.28. The second-order valence-corrected chi connectivity index (χ2v) is 7.50. The van der Waals surface area contributed by atoms with E-state index < -0.39 is 15.4 Å². The Balaban J connectivity index is 2.25. The van der Waals surface area contributed by atoms with Gasteiger partial charge in [0.15, 0.2) is 0 Å². The van der Waals surface area contributed by atoms with Gasteiger partial charge >= 0.3 is 0 Å². The smallest absolute Gasteiger partial charge is 0.209 e. The maximum atomic E-state index is 11.0. The third-order valence-electron chi connectivity index (χ3n) is 2.16. The highest BCUT2D eigenvalue weighted by Gasteiger charge is 2.24. The van der Waals surface area contributed by atoms with Crippen LogP contribution in [0, 0.1) is 5.41 Å². The average molecular weight is 277 g/mol. The monoisotopic (exact) mass is 277 g/mol. The highest BCUT2D eigenvalue weighted by molar-refractivity contribution is 7.89. The van der Waals surface area contributed by atoms with Gasteiger partial charge in [-0.2, -0.15) is 0 Å². The lowest BCUT2D eigenvalue weighted by Gasteiger charge is -2.22. The Kier molecular flexibility index (Phi) is 5.12. The van der Waals surface area contributed by atoms with Crippen molar-refractivity contribution in [2.24, 2.45) is 10.6 Å². The Morgan fingerprint density at radius 2 is 2.18 bits per heavy atom. The van der Waals surface area contributed by atoms with Crippen molar-refractivity contribution in [2.75, 3.05) is 19.0 Å². The van der Waals surface area contributed by atoms with E-state index in [0.717, 1.165) is 6.42 Å². The normalized spacial score (nSPS) is 12.9. The van der Waals surface area contributed by atoms with E-state index in [9.17, 15) is 8.42 Å². The predicted octanol–water partition coefficient (Wildman–Crippen LogP) is 1.62. The number of sulfonamides is 1. The summed E-state index contributed by atoms with van der Waals surface area (Å²) >= 11 is 1.69. The molecule has 98 valence electrons. The molecular formula is C11H19NO3S2. The molecule has 1 heterocycles. The molecule has 6 heteroatoms. The number of hydrogen-bond donors (Lipinski definition) is 1. The van der Waals surface area contributed by atoms with Crippen molar-refractivity contribution in [2.45, 2.75) is 20.3 Å². The molecule has 1 aromatic rings. The highest BCUT2D eigenvalue weighted by Crippen LogP contribution is 2.17. The van der Waals surface area contributed by atoms with Crippen molar-refractivity contribution in [3.63, 3.8) is 0 Å². The number of ether oxygens (including phenoxy) is 1. The number of primary sulfonamides is 1. The standard InChI is InChI=1S/C11H19NO3S2/c1-11(2,9-17(12,13)14)8-15-6-5-10-4-3-7-16-10/h3-4,7H,5-6,8-9H2,1-2H3,(H2,12,13,14). The molecule has 1 rings (SSSR count). The van der Waals surface area contributed by atoms with Crippen LogP contribution in [0.1, 0.15) is 18.7 Å². The van der Waals surface area contributed by atoms with Gasteiger partial charge < -0.3 is 4.74 Å². The fourth-order valence-corrected chi connectivity index (χ4v) is 3.43. The van der Waals surface area contributed by atoms with Gasteiger partial charge in [-0.05, 0) is 11.4 Å². The summed E-state index contributed by atoms with van der Waals surface area (Å²) in [4.78, 5) is 1.27.